The predicted molar refractivity (Wildman–Crippen MR) is 109 cm³/mol. The van der Waals surface area contributed by atoms with E-state index in [0.717, 1.165) is 28.1 Å². The molecule has 2 heterocycles. The lowest BCUT2D eigenvalue weighted by Gasteiger charge is -2.09. The number of nitrogens with one attached hydrogen (secondary N) is 1. The third kappa shape index (κ3) is 3.01. The van der Waals surface area contributed by atoms with Gasteiger partial charge in [0.05, 0.1) is 23.3 Å². The van der Waals surface area contributed by atoms with Crippen LogP contribution in [0, 0.1) is 25.2 Å². The van der Waals surface area contributed by atoms with Crippen molar-refractivity contribution >= 4 is 0 Å². The van der Waals surface area contributed by atoms with Gasteiger partial charge in [-0.1, -0.05) is 48.0 Å². The van der Waals surface area contributed by atoms with Crippen LogP contribution in [0.3, 0.4) is 0 Å². The largest absolute Gasteiger partial charge is 0.321 e. The molecule has 2 aromatic carbocycles. The number of aryl methyl sites for hydroxylation is 1. The zero-order chi connectivity index (χ0) is 19.7. The quantitative estimate of drug-likeness (QED) is 0.584. The van der Waals surface area contributed by atoms with Gasteiger partial charge in [0.2, 0.25) is 0 Å². The Labute approximate surface area is 162 Å². The number of nitrogens with zero attached hydrogens (tertiary/aromatic N) is 3. The zero-order valence-electron chi connectivity index (χ0n) is 15.6. The van der Waals surface area contributed by atoms with E-state index < -0.39 is 5.56 Å². The third-order valence-electron chi connectivity index (χ3n) is 4.81. The van der Waals surface area contributed by atoms with Gasteiger partial charge in [-0.3, -0.25) is 4.79 Å². The lowest BCUT2D eigenvalue weighted by atomic mass is 9.98. The van der Waals surface area contributed by atoms with Crippen LogP contribution in [0.4, 0.5) is 0 Å². The van der Waals surface area contributed by atoms with E-state index in [2.05, 4.69) is 10.1 Å². The molecular weight excluding hydrogens is 348 g/mol. The number of H-pyrrole nitrogens is 1. The van der Waals surface area contributed by atoms with Crippen LogP contribution >= 0.6 is 0 Å². The number of nitriles is 1. The molecule has 0 amide bonds. The van der Waals surface area contributed by atoms with E-state index in [1.807, 2.05) is 85.3 Å². The smallest absolute Gasteiger partial charge is 0.266 e. The van der Waals surface area contributed by atoms with Gasteiger partial charge in [-0.25, -0.2) is 4.68 Å². The van der Waals surface area contributed by atoms with E-state index in [9.17, 15) is 10.1 Å². The maximum atomic E-state index is 12.6. The summed E-state index contributed by atoms with van der Waals surface area (Å²) in [5, 5.41) is 14.0. The second-order valence-corrected chi connectivity index (χ2v) is 6.67. The molecule has 1 N–H and O–H groups in total. The molecule has 0 spiro atoms. The highest BCUT2D eigenvalue weighted by Crippen LogP contribution is 2.28. The minimum absolute atomic E-state index is 0.112. The number of para-hydroxylation sites is 1. The number of hydrogen-bond acceptors (Lipinski definition) is 3. The molecule has 0 aliphatic heterocycles. The number of hydrogen-bond donors (Lipinski definition) is 1. The summed E-state index contributed by atoms with van der Waals surface area (Å²) < 4.78 is 1.83. The van der Waals surface area contributed by atoms with Gasteiger partial charge in [-0.05, 0) is 37.6 Å². The van der Waals surface area contributed by atoms with E-state index in [1.54, 1.807) is 6.20 Å². The van der Waals surface area contributed by atoms with Crippen LogP contribution in [0.5, 0.6) is 0 Å². The van der Waals surface area contributed by atoms with Crippen molar-refractivity contribution in [1.82, 2.24) is 14.8 Å². The highest BCUT2D eigenvalue weighted by atomic mass is 16.1. The Kier molecular flexibility index (Phi) is 4.38. The summed E-state index contributed by atoms with van der Waals surface area (Å²) in [7, 11) is 0. The van der Waals surface area contributed by atoms with Crippen molar-refractivity contribution in [2.24, 2.45) is 0 Å². The first kappa shape index (κ1) is 17.5. The van der Waals surface area contributed by atoms with E-state index >= 15 is 0 Å². The Morgan fingerprint density at radius 2 is 1.71 bits per heavy atom. The van der Waals surface area contributed by atoms with E-state index in [4.69, 9.17) is 0 Å². The number of aromatic amines is 1. The van der Waals surface area contributed by atoms with Gasteiger partial charge in [0.1, 0.15) is 11.6 Å². The Balaban J connectivity index is 1.88. The van der Waals surface area contributed by atoms with E-state index in [0.29, 0.717) is 11.3 Å². The van der Waals surface area contributed by atoms with Crippen LogP contribution in [0.25, 0.3) is 28.1 Å². The fourth-order valence-corrected chi connectivity index (χ4v) is 3.28. The number of pyridine rings is 1. The summed E-state index contributed by atoms with van der Waals surface area (Å²) in [5.41, 5.74) is 5.59. The lowest BCUT2D eigenvalue weighted by molar-refractivity contribution is 0.847. The first-order chi connectivity index (χ1) is 13.6. The second-order valence-electron chi connectivity index (χ2n) is 6.67. The van der Waals surface area contributed by atoms with Crippen LogP contribution in [0.15, 0.2) is 71.7 Å². The molecule has 0 bridgehead atoms. The van der Waals surface area contributed by atoms with Gasteiger partial charge < -0.3 is 4.98 Å². The van der Waals surface area contributed by atoms with E-state index in [1.165, 1.54) is 0 Å². The molecule has 0 saturated carbocycles. The standard InChI is InChI=1S/C23H18N4O/c1-15-8-10-17(11-9-15)19-12-22(26-23(28)20(19)13-24)21-14-25-27(16(21)2)18-6-4-3-5-7-18/h3-12,14H,1-2H3,(H,26,28). The third-order valence-corrected chi connectivity index (χ3v) is 4.81. The number of rotatable bonds is 3. The molecule has 0 aliphatic rings. The fourth-order valence-electron chi connectivity index (χ4n) is 3.28. The van der Waals surface area contributed by atoms with Crippen LogP contribution in [-0.2, 0) is 0 Å². The fraction of sp³-hybridized carbons (Fsp3) is 0.0870. The molecule has 4 rings (SSSR count). The predicted octanol–water partition coefficient (Wildman–Crippen LogP) is 4.38. The molecule has 5 heteroatoms. The van der Waals surface area contributed by atoms with Crippen molar-refractivity contribution in [3.63, 3.8) is 0 Å². The Morgan fingerprint density at radius 1 is 1.00 bits per heavy atom. The molecular formula is C23H18N4O. The number of benzene rings is 2. The van der Waals surface area contributed by atoms with Crippen molar-refractivity contribution in [3.8, 4) is 34.1 Å². The Bertz CT molecular complexity index is 1240. The molecule has 136 valence electrons. The summed E-state index contributed by atoms with van der Waals surface area (Å²) in [4.78, 5) is 15.4. The summed E-state index contributed by atoms with van der Waals surface area (Å²) in [5.74, 6) is 0. The van der Waals surface area contributed by atoms with Gasteiger partial charge in [-0.15, -0.1) is 0 Å². The topological polar surface area (TPSA) is 74.5 Å². The molecule has 0 aliphatic carbocycles. The first-order valence-electron chi connectivity index (χ1n) is 8.93. The molecule has 0 saturated heterocycles. The molecule has 0 radical (unpaired) electrons. The van der Waals surface area contributed by atoms with Crippen molar-refractivity contribution < 1.29 is 0 Å². The second kappa shape index (κ2) is 7.01. The summed E-state index contributed by atoms with van der Waals surface area (Å²) in [6.07, 6.45) is 1.73. The molecule has 4 aromatic rings. The zero-order valence-corrected chi connectivity index (χ0v) is 15.6. The number of aromatic nitrogens is 3. The van der Waals surface area contributed by atoms with Crippen molar-refractivity contribution in [2.45, 2.75) is 13.8 Å². The Morgan fingerprint density at radius 3 is 2.39 bits per heavy atom. The molecule has 0 atom stereocenters. The van der Waals surface area contributed by atoms with Gasteiger partial charge in [-0.2, -0.15) is 10.4 Å². The van der Waals surface area contributed by atoms with E-state index in [-0.39, 0.29) is 5.56 Å². The van der Waals surface area contributed by atoms with Crippen LogP contribution in [0.1, 0.15) is 16.8 Å². The molecule has 2 aromatic heterocycles. The van der Waals surface area contributed by atoms with Crippen LogP contribution < -0.4 is 5.56 Å². The molecule has 0 unspecified atom stereocenters. The highest BCUT2D eigenvalue weighted by molar-refractivity contribution is 5.76. The summed E-state index contributed by atoms with van der Waals surface area (Å²) in [6.45, 7) is 3.96. The molecule has 5 nitrogen and oxygen atoms in total. The van der Waals surface area contributed by atoms with Gasteiger partial charge >= 0.3 is 0 Å². The maximum absolute atomic E-state index is 12.6. The van der Waals surface area contributed by atoms with Crippen LogP contribution in [-0.4, -0.2) is 14.8 Å². The summed E-state index contributed by atoms with van der Waals surface area (Å²) in [6, 6.07) is 21.5. The lowest BCUT2D eigenvalue weighted by Crippen LogP contribution is -2.13. The average Bonchev–Trinajstić information content (AvgIpc) is 3.10. The monoisotopic (exact) mass is 366 g/mol. The normalized spacial score (nSPS) is 10.6. The van der Waals surface area contributed by atoms with Crippen molar-refractivity contribution in [2.75, 3.05) is 0 Å². The molecule has 28 heavy (non-hydrogen) atoms. The minimum Gasteiger partial charge on any atom is -0.321 e. The SMILES string of the molecule is Cc1ccc(-c2cc(-c3cnn(-c4ccccc4)c3C)[nH]c(=O)c2C#N)cc1. The highest BCUT2D eigenvalue weighted by Gasteiger charge is 2.16. The van der Waals surface area contributed by atoms with Crippen molar-refractivity contribution in [1.29, 1.82) is 5.26 Å². The summed E-state index contributed by atoms with van der Waals surface area (Å²) >= 11 is 0. The first-order valence-corrected chi connectivity index (χ1v) is 8.93. The Hall–Kier alpha value is -3.91. The maximum Gasteiger partial charge on any atom is 0.266 e. The van der Waals surface area contributed by atoms with Gasteiger partial charge in [0.15, 0.2) is 0 Å². The average molecular weight is 366 g/mol. The van der Waals surface area contributed by atoms with Gasteiger partial charge in [0, 0.05) is 11.1 Å². The minimum atomic E-state index is -0.401. The van der Waals surface area contributed by atoms with Gasteiger partial charge in [0.25, 0.3) is 5.56 Å². The van der Waals surface area contributed by atoms with Crippen molar-refractivity contribution in [3.05, 3.63) is 94.0 Å². The molecule has 0 fully saturated rings. The van der Waals surface area contributed by atoms with Crippen LogP contribution in [0.2, 0.25) is 0 Å².